The molecule has 0 aromatic carbocycles. The van der Waals surface area contributed by atoms with Gasteiger partial charge in [-0.1, -0.05) is 90.9 Å². The minimum atomic E-state index is -0.247. The summed E-state index contributed by atoms with van der Waals surface area (Å²) in [6.07, 6.45) is 23.6. The third-order valence-corrected chi connectivity index (χ3v) is 5.59. The molecular weight excluding hydrogens is 308 g/mol. The molecule has 2 nitrogen and oxygen atoms in total. The summed E-state index contributed by atoms with van der Waals surface area (Å²) in [5.74, 6) is -0.247. The Hall–Kier alpha value is -0.0800. The van der Waals surface area contributed by atoms with Gasteiger partial charge in [-0.05, 0) is 25.7 Å². The van der Waals surface area contributed by atoms with Gasteiger partial charge in [-0.3, -0.25) is 0 Å². The Labute approximate surface area is 158 Å². The zero-order chi connectivity index (χ0) is 18.1. The second-order valence-corrected chi connectivity index (χ2v) is 8.06. The highest BCUT2D eigenvalue weighted by molar-refractivity contribution is 4.73. The van der Waals surface area contributed by atoms with Crippen LogP contribution in [-0.4, -0.2) is 19.0 Å². The van der Waals surface area contributed by atoms with E-state index in [0.717, 1.165) is 38.9 Å². The van der Waals surface area contributed by atoms with Gasteiger partial charge in [-0.25, -0.2) is 0 Å². The van der Waals surface area contributed by atoms with Gasteiger partial charge in [0, 0.05) is 12.8 Å². The molecule has 0 amide bonds. The summed E-state index contributed by atoms with van der Waals surface area (Å²) in [5, 5.41) is 0. The zero-order valence-corrected chi connectivity index (χ0v) is 17.5. The number of hydrogen-bond donors (Lipinski definition) is 0. The average molecular weight is 355 g/mol. The first-order chi connectivity index (χ1) is 12.3. The van der Waals surface area contributed by atoms with Crippen molar-refractivity contribution >= 4 is 0 Å². The summed E-state index contributed by atoms with van der Waals surface area (Å²) in [7, 11) is 0. The van der Waals surface area contributed by atoms with Crippen LogP contribution in [0.1, 0.15) is 129 Å². The largest absolute Gasteiger partial charge is 0.350 e. The van der Waals surface area contributed by atoms with E-state index in [9.17, 15) is 0 Å². The first kappa shape index (κ1) is 23.0. The smallest absolute Gasteiger partial charge is 0.168 e. The zero-order valence-electron chi connectivity index (χ0n) is 17.5. The molecule has 2 heteroatoms. The lowest BCUT2D eigenvalue weighted by Gasteiger charge is -2.32. The van der Waals surface area contributed by atoms with E-state index < -0.39 is 0 Å². The maximum absolute atomic E-state index is 6.26. The van der Waals surface area contributed by atoms with Crippen molar-refractivity contribution in [3.63, 3.8) is 0 Å². The van der Waals surface area contributed by atoms with Crippen molar-refractivity contribution in [3.8, 4) is 0 Å². The summed E-state index contributed by atoms with van der Waals surface area (Å²) >= 11 is 0. The van der Waals surface area contributed by atoms with Crippen molar-refractivity contribution in [2.75, 3.05) is 13.2 Å². The fourth-order valence-corrected chi connectivity index (χ4v) is 3.88. The van der Waals surface area contributed by atoms with Gasteiger partial charge < -0.3 is 9.47 Å². The van der Waals surface area contributed by atoms with E-state index in [1.807, 2.05) is 0 Å². The fourth-order valence-electron chi connectivity index (χ4n) is 3.88. The maximum atomic E-state index is 6.26. The molecule has 0 N–H and O–H groups in total. The Kier molecular flexibility index (Phi) is 14.8. The Morgan fingerprint density at radius 1 is 0.520 bits per heavy atom. The predicted octanol–water partition coefficient (Wildman–Crippen LogP) is 7.79. The Morgan fingerprint density at radius 3 is 1.28 bits per heavy atom. The topological polar surface area (TPSA) is 18.5 Å². The third-order valence-electron chi connectivity index (χ3n) is 5.59. The van der Waals surface area contributed by atoms with Crippen LogP contribution in [0.4, 0.5) is 0 Å². The number of rotatable bonds is 16. The van der Waals surface area contributed by atoms with E-state index in [2.05, 4.69) is 13.8 Å². The Balaban J connectivity index is 2.20. The van der Waals surface area contributed by atoms with Gasteiger partial charge in [-0.15, -0.1) is 0 Å². The van der Waals surface area contributed by atoms with Crippen molar-refractivity contribution < 1.29 is 9.47 Å². The standard InChI is InChI=1S/C23H46O2/c1-3-5-7-9-11-12-14-16-20-23(24-21-17-18-22-25-23)19-15-13-10-8-6-4-2/h3-22H2,1-2H3. The average Bonchev–Trinajstić information content (AvgIpc) is 2.86. The molecule has 0 atom stereocenters. The monoisotopic (exact) mass is 354 g/mol. The van der Waals surface area contributed by atoms with Crippen LogP contribution in [0, 0.1) is 0 Å². The number of ether oxygens (including phenoxy) is 2. The van der Waals surface area contributed by atoms with Gasteiger partial charge in [0.2, 0.25) is 0 Å². The van der Waals surface area contributed by atoms with Gasteiger partial charge in [0.25, 0.3) is 0 Å². The molecule has 1 fully saturated rings. The molecule has 0 spiro atoms. The molecule has 0 aromatic heterocycles. The number of unbranched alkanes of at least 4 members (excludes halogenated alkanes) is 12. The molecule has 150 valence electrons. The SMILES string of the molecule is CCCCCCCCCCC1(CCCCCCCC)OCCCCO1. The molecule has 0 bridgehead atoms. The highest BCUT2D eigenvalue weighted by Crippen LogP contribution is 2.31. The summed E-state index contributed by atoms with van der Waals surface area (Å²) in [6, 6.07) is 0. The lowest BCUT2D eigenvalue weighted by atomic mass is 9.98. The molecule has 0 aliphatic carbocycles. The quantitative estimate of drug-likeness (QED) is 0.263. The van der Waals surface area contributed by atoms with Crippen LogP contribution in [0.15, 0.2) is 0 Å². The highest BCUT2D eigenvalue weighted by Gasteiger charge is 2.32. The van der Waals surface area contributed by atoms with E-state index >= 15 is 0 Å². The van der Waals surface area contributed by atoms with Crippen LogP contribution < -0.4 is 0 Å². The van der Waals surface area contributed by atoms with Crippen LogP contribution in [0.2, 0.25) is 0 Å². The highest BCUT2D eigenvalue weighted by atomic mass is 16.7. The second kappa shape index (κ2) is 16.1. The summed E-state index contributed by atoms with van der Waals surface area (Å²) < 4.78 is 12.5. The van der Waals surface area contributed by atoms with Gasteiger partial charge in [0.1, 0.15) is 0 Å². The van der Waals surface area contributed by atoms with Crippen LogP contribution in [0.5, 0.6) is 0 Å². The normalized spacial score (nSPS) is 17.5. The van der Waals surface area contributed by atoms with E-state index in [0.29, 0.717) is 0 Å². The van der Waals surface area contributed by atoms with E-state index in [1.54, 1.807) is 0 Å². The molecule has 0 unspecified atom stereocenters. The minimum absolute atomic E-state index is 0.247. The van der Waals surface area contributed by atoms with Crippen molar-refractivity contribution in [1.29, 1.82) is 0 Å². The molecule has 1 aliphatic rings. The molecule has 25 heavy (non-hydrogen) atoms. The number of hydrogen-bond acceptors (Lipinski definition) is 2. The van der Waals surface area contributed by atoms with Gasteiger partial charge in [-0.2, -0.15) is 0 Å². The second-order valence-electron chi connectivity index (χ2n) is 8.06. The van der Waals surface area contributed by atoms with Crippen molar-refractivity contribution in [3.05, 3.63) is 0 Å². The van der Waals surface area contributed by atoms with E-state index in [-0.39, 0.29) is 5.79 Å². The maximum Gasteiger partial charge on any atom is 0.168 e. The van der Waals surface area contributed by atoms with Gasteiger partial charge in [0.05, 0.1) is 13.2 Å². The molecule has 1 aliphatic heterocycles. The van der Waals surface area contributed by atoms with Crippen molar-refractivity contribution in [2.24, 2.45) is 0 Å². The molecule has 1 saturated heterocycles. The van der Waals surface area contributed by atoms with E-state index in [4.69, 9.17) is 9.47 Å². The van der Waals surface area contributed by atoms with Crippen LogP contribution >= 0.6 is 0 Å². The van der Waals surface area contributed by atoms with Crippen LogP contribution in [0.25, 0.3) is 0 Å². The van der Waals surface area contributed by atoms with Crippen molar-refractivity contribution in [2.45, 2.75) is 135 Å². The summed E-state index contributed by atoms with van der Waals surface area (Å²) in [6.45, 7) is 6.36. The van der Waals surface area contributed by atoms with Crippen LogP contribution in [0.3, 0.4) is 0 Å². The molecule has 0 radical (unpaired) electrons. The lowest BCUT2D eigenvalue weighted by Crippen LogP contribution is -2.35. The predicted molar refractivity (Wildman–Crippen MR) is 109 cm³/mol. The van der Waals surface area contributed by atoms with Crippen molar-refractivity contribution in [1.82, 2.24) is 0 Å². The van der Waals surface area contributed by atoms with Gasteiger partial charge in [0.15, 0.2) is 5.79 Å². The Morgan fingerprint density at radius 2 is 0.880 bits per heavy atom. The molecule has 1 heterocycles. The van der Waals surface area contributed by atoms with Crippen LogP contribution in [-0.2, 0) is 9.47 Å². The lowest BCUT2D eigenvalue weighted by molar-refractivity contribution is -0.234. The minimum Gasteiger partial charge on any atom is -0.350 e. The van der Waals surface area contributed by atoms with E-state index in [1.165, 1.54) is 89.9 Å². The molecule has 0 aromatic rings. The third kappa shape index (κ3) is 12.0. The Bertz CT molecular complexity index is 269. The fraction of sp³-hybridized carbons (Fsp3) is 1.00. The first-order valence-electron chi connectivity index (χ1n) is 11.6. The molecular formula is C23H46O2. The summed E-state index contributed by atoms with van der Waals surface area (Å²) in [4.78, 5) is 0. The van der Waals surface area contributed by atoms with Gasteiger partial charge >= 0.3 is 0 Å². The summed E-state index contributed by atoms with van der Waals surface area (Å²) in [5.41, 5.74) is 0. The molecule has 0 saturated carbocycles. The first-order valence-corrected chi connectivity index (χ1v) is 11.6. The molecule has 1 rings (SSSR count).